The fourth-order valence-electron chi connectivity index (χ4n) is 2.94. The Morgan fingerprint density at radius 3 is 2.50 bits per heavy atom. The molecule has 0 aromatic carbocycles. The lowest BCUT2D eigenvalue weighted by Crippen LogP contribution is -2.46. The number of nitrogens with one attached hydrogen (secondary N) is 2. The van der Waals surface area contributed by atoms with E-state index in [4.69, 9.17) is 4.74 Å². The minimum atomic E-state index is 0.0506. The van der Waals surface area contributed by atoms with Crippen molar-refractivity contribution in [1.82, 2.24) is 10.6 Å². The number of carbonyl (C=O) groups is 1. The summed E-state index contributed by atoms with van der Waals surface area (Å²) in [7, 11) is 0. The second-order valence-corrected chi connectivity index (χ2v) is 5.82. The second kappa shape index (κ2) is 6.53. The van der Waals surface area contributed by atoms with Crippen molar-refractivity contribution in [2.45, 2.75) is 76.7 Å². The highest BCUT2D eigenvalue weighted by Gasteiger charge is 2.27. The average Bonchev–Trinajstić information content (AvgIpc) is 2.84. The molecule has 1 amide bonds. The van der Waals surface area contributed by atoms with Gasteiger partial charge in [0.2, 0.25) is 5.91 Å². The summed E-state index contributed by atoms with van der Waals surface area (Å²) in [6, 6.07) is 0.404. The minimum Gasteiger partial charge on any atom is -0.376 e. The summed E-state index contributed by atoms with van der Waals surface area (Å²) in [6.07, 6.45) is 7.05. The maximum Gasteiger partial charge on any atom is 0.237 e. The summed E-state index contributed by atoms with van der Waals surface area (Å²) in [5.74, 6) is 0.195. The van der Waals surface area contributed by atoms with Gasteiger partial charge in [-0.05, 0) is 58.9 Å². The highest BCUT2D eigenvalue weighted by molar-refractivity contribution is 5.82. The molecule has 18 heavy (non-hydrogen) atoms. The van der Waals surface area contributed by atoms with Crippen LogP contribution in [0.15, 0.2) is 0 Å². The van der Waals surface area contributed by atoms with Crippen LogP contribution in [-0.2, 0) is 9.53 Å². The molecule has 4 heteroatoms. The van der Waals surface area contributed by atoms with Gasteiger partial charge < -0.3 is 15.4 Å². The molecule has 1 saturated carbocycles. The summed E-state index contributed by atoms with van der Waals surface area (Å²) in [5, 5.41) is 6.42. The van der Waals surface area contributed by atoms with Gasteiger partial charge in [-0.1, -0.05) is 0 Å². The van der Waals surface area contributed by atoms with E-state index in [2.05, 4.69) is 24.5 Å². The van der Waals surface area contributed by atoms with E-state index in [1.807, 2.05) is 0 Å². The normalized spacial score (nSPS) is 32.7. The van der Waals surface area contributed by atoms with Crippen molar-refractivity contribution in [1.29, 1.82) is 0 Å². The van der Waals surface area contributed by atoms with E-state index < -0.39 is 0 Å². The standard InChI is InChI=1S/C14H26N2O2/c1-10(2)18-12-7-5-11(6-8-12)16-14(17)13-4-3-9-15-13/h10-13,15H,3-9H2,1-2H3,(H,16,17)/t11?,12?,13-/m0/s1. The van der Waals surface area contributed by atoms with Gasteiger partial charge in [-0.25, -0.2) is 0 Å². The van der Waals surface area contributed by atoms with Gasteiger partial charge >= 0.3 is 0 Å². The largest absolute Gasteiger partial charge is 0.376 e. The van der Waals surface area contributed by atoms with E-state index in [0.717, 1.165) is 45.1 Å². The number of hydrogen-bond acceptors (Lipinski definition) is 3. The van der Waals surface area contributed by atoms with E-state index in [-0.39, 0.29) is 11.9 Å². The van der Waals surface area contributed by atoms with Crippen molar-refractivity contribution in [3.63, 3.8) is 0 Å². The third kappa shape index (κ3) is 3.95. The first-order valence-electron chi connectivity index (χ1n) is 7.34. The Balaban J connectivity index is 1.68. The molecule has 0 aromatic heterocycles. The molecule has 1 heterocycles. The minimum absolute atomic E-state index is 0.0506. The summed E-state index contributed by atoms with van der Waals surface area (Å²) in [6.45, 7) is 5.15. The zero-order valence-corrected chi connectivity index (χ0v) is 11.6. The highest BCUT2D eigenvalue weighted by Crippen LogP contribution is 2.22. The van der Waals surface area contributed by atoms with Crippen LogP contribution in [0.25, 0.3) is 0 Å². The molecule has 2 rings (SSSR count). The Bertz CT molecular complexity index is 267. The zero-order valence-electron chi connectivity index (χ0n) is 11.6. The van der Waals surface area contributed by atoms with Gasteiger partial charge in [0.25, 0.3) is 0 Å². The first-order valence-corrected chi connectivity index (χ1v) is 7.34. The Labute approximate surface area is 110 Å². The number of carbonyl (C=O) groups excluding carboxylic acids is 1. The predicted octanol–water partition coefficient (Wildman–Crippen LogP) is 1.59. The van der Waals surface area contributed by atoms with Crippen molar-refractivity contribution in [2.24, 2.45) is 0 Å². The van der Waals surface area contributed by atoms with Crippen molar-refractivity contribution in [3.8, 4) is 0 Å². The van der Waals surface area contributed by atoms with E-state index in [9.17, 15) is 4.79 Å². The van der Waals surface area contributed by atoms with Crippen molar-refractivity contribution in [2.75, 3.05) is 6.54 Å². The number of hydrogen-bond donors (Lipinski definition) is 2. The van der Waals surface area contributed by atoms with Crippen LogP contribution in [0.2, 0.25) is 0 Å². The van der Waals surface area contributed by atoms with Crippen LogP contribution in [-0.4, -0.2) is 36.7 Å². The molecule has 0 spiro atoms. The molecule has 1 aliphatic carbocycles. The molecule has 2 aliphatic rings. The summed E-state index contributed by atoms with van der Waals surface area (Å²) in [5.41, 5.74) is 0. The summed E-state index contributed by atoms with van der Waals surface area (Å²) in [4.78, 5) is 12.0. The third-order valence-electron chi connectivity index (χ3n) is 3.86. The van der Waals surface area contributed by atoms with Crippen LogP contribution < -0.4 is 10.6 Å². The molecule has 1 saturated heterocycles. The third-order valence-corrected chi connectivity index (χ3v) is 3.86. The zero-order chi connectivity index (χ0) is 13.0. The fraction of sp³-hybridized carbons (Fsp3) is 0.929. The van der Waals surface area contributed by atoms with Crippen molar-refractivity contribution >= 4 is 5.91 Å². The second-order valence-electron chi connectivity index (χ2n) is 5.82. The smallest absolute Gasteiger partial charge is 0.237 e. The van der Waals surface area contributed by atoms with Gasteiger partial charge in [-0.3, -0.25) is 4.79 Å². The lowest BCUT2D eigenvalue weighted by Gasteiger charge is -2.30. The first-order chi connectivity index (χ1) is 8.65. The molecule has 0 bridgehead atoms. The lowest BCUT2D eigenvalue weighted by molar-refractivity contribution is -0.124. The van der Waals surface area contributed by atoms with Crippen molar-refractivity contribution in [3.05, 3.63) is 0 Å². The maximum absolute atomic E-state index is 12.0. The van der Waals surface area contributed by atoms with Crippen LogP contribution in [0.4, 0.5) is 0 Å². The molecule has 0 radical (unpaired) electrons. The van der Waals surface area contributed by atoms with Crippen LogP contribution >= 0.6 is 0 Å². The molecule has 0 unspecified atom stereocenters. The van der Waals surface area contributed by atoms with E-state index in [1.54, 1.807) is 0 Å². The highest BCUT2D eigenvalue weighted by atomic mass is 16.5. The van der Waals surface area contributed by atoms with Crippen LogP contribution in [0.3, 0.4) is 0 Å². The Kier molecular flexibility index (Phi) is 5.01. The number of rotatable bonds is 4. The molecule has 1 atom stereocenters. The van der Waals surface area contributed by atoms with Gasteiger partial charge in [-0.2, -0.15) is 0 Å². The molecule has 104 valence electrons. The van der Waals surface area contributed by atoms with E-state index >= 15 is 0 Å². The van der Waals surface area contributed by atoms with Gasteiger partial charge in [-0.15, -0.1) is 0 Å². The van der Waals surface area contributed by atoms with Crippen molar-refractivity contribution < 1.29 is 9.53 Å². The molecule has 0 aromatic rings. The van der Waals surface area contributed by atoms with Gasteiger partial charge in [0.1, 0.15) is 0 Å². The van der Waals surface area contributed by atoms with Gasteiger partial charge in [0, 0.05) is 6.04 Å². The average molecular weight is 254 g/mol. The quantitative estimate of drug-likeness (QED) is 0.801. The number of amides is 1. The van der Waals surface area contributed by atoms with Crippen LogP contribution in [0, 0.1) is 0 Å². The molecule has 2 fully saturated rings. The van der Waals surface area contributed by atoms with Gasteiger partial charge in [0.05, 0.1) is 18.2 Å². The van der Waals surface area contributed by atoms with E-state index in [0.29, 0.717) is 18.2 Å². The molecular weight excluding hydrogens is 228 g/mol. The summed E-state index contributed by atoms with van der Waals surface area (Å²) >= 11 is 0. The SMILES string of the molecule is CC(C)OC1CCC(NC(=O)[C@@H]2CCCN2)CC1. The Hall–Kier alpha value is -0.610. The number of ether oxygens (including phenoxy) is 1. The molecule has 2 N–H and O–H groups in total. The monoisotopic (exact) mass is 254 g/mol. The molecule has 4 nitrogen and oxygen atoms in total. The summed E-state index contributed by atoms with van der Waals surface area (Å²) < 4.78 is 5.82. The Morgan fingerprint density at radius 2 is 1.94 bits per heavy atom. The predicted molar refractivity (Wildman–Crippen MR) is 71.4 cm³/mol. The van der Waals surface area contributed by atoms with E-state index in [1.165, 1.54) is 0 Å². The van der Waals surface area contributed by atoms with Crippen LogP contribution in [0.1, 0.15) is 52.4 Å². The fourth-order valence-corrected chi connectivity index (χ4v) is 2.94. The maximum atomic E-state index is 12.0. The molecular formula is C14H26N2O2. The lowest BCUT2D eigenvalue weighted by atomic mass is 9.92. The van der Waals surface area contributed by atoms with Gasteiger partial charge in [0.15, 0.2) is 0 Å². The van der Waals surface area contributed by atoms with Crippen LogP contribution in [0.5, 0.6) is 0 Å². The topological polar surface area (TPSA) is 50.4 Å². The first kappa shape index (κ1) is 13.8. The Morgan fingerprint density at radius 1 is 1.22 bits per heavy atom. The molecule has 1 aliphatic heterocycles.